The SMILES string of the molecule is NC(CO)C(=O)OCC(=O)O. The Bertz CT molecular complexity index is 157. The lowest BCUT2D eigenvalue weighted by Gasteiger charge is -2.05. The molecular weight excluding hydrogens is 154 g/mol. The van der Waals surface area contributed by atoms with Gasteiger partial charge in [0.05, 0.1) is 6.61 Å². The number of hydrogen-bond acceptors (Lipinski definition) is 5. The van der Waals surface area contributed by atoms with E-state index in [0.29, 0.717) is 0 Å². The molecule has 4 N–H and O–H groups in total. The van der Waals surface area contributed by atoms with Crippen molar-refractivity contribution >= 4 is 11.9 Å². The minimum Gasteiger partial charge on any atom is -0.479 e. The topological polar surface area (TPSA) is 110 Å². The fourth-order valence-corrected chi connectivity index (χ4v) is 0.314. The Morgan fingerprint density at radius 3 is 2.45 bits per heavy atom. The number of esters is 1. The third kappa shape index (κ3) is 4.29. The second-order valence-electron chi connectivity index (χ2n) is 1.79. The van der Waals surface area contributed by atoms with Gasteiger partial charge in [-0.1, -0.05) is 0 Å². The van der Waals surface area contributed by atoms with E-state index < -0.39 is 31.2 Å². The van der Waals surface area contributed by atoms with Crippen molar-refractivity contribution in [2.75, 3.05) is 13.2 Å². The van der Waals surface area contributed by atoms with E-state index in [4.69, 9.17) is 15.9 Å². The number of carboxylic acid groups (broad SMARTS) is 1. The average molecular weight is 163 g/mol. The molecule has 0 bridgehead atoms. The molecule has 0 aliphatic carbocycles. The molecule has 0 heterocycles. The predicted molar refractivity (Wildman–Crippen MR) is 33.7 cm³/mol. The van der Waals surface area contributed by atoms with Gasteiger partial charge in [-0.25, -0.2) is 4.79 Å². The van der Waals surface area contributed by atoms with Crippen LogP contribution in [0.5, 0.6) is 0 Å². The third-order valence-electron chi connectivity index (χ3n) is 0.837. The van der Waals surface area contributed by atoms with Gasteiger partial charge in [-0.2, -0.15) is 0 Å². The quantitative estimate of drug-likeness (QED) is 0.411. The maximum atomic E-state index is 10.5. The van der Waals surface area contributed by atoms with Gasteiger partial charge in [0.15, 0.2) is 6.61 Å². The summed E-state index contributed by atoms with van der Waals surface area (Å²) in [4.78, 5) is 20.3. The standard InChI is InChI=1S/C5H9NO5/c6-3(1-7)5(10)11-2-4(8)9/h3,7H,1-2,6H2,(H,8,9). The second-order valence-corrected chi connectivity index (χ2v) is 1.79. The van der Waals surface area contributed by atoms with E-state index in [9.17, 15) is 9.59 Å². The smallest absolute Gasteiger partial charge is 0.341 e. The van der Waals surface area contributed by atoms with Crippen LogP contribution in [0.2, 0.25) is 0 Å². The fourth-order valence-electron chi connectivity index (χ4n) is 0.314. The number of aliphatic carboxylic acids is 1. The molecule has 0 spiro atoms. The Hall–Kier alpha value is -1.14. The first-order valence-electron chi connectivity index (χ1n) is 2.82. The Morgan fingerprint density at radius 1 is 1.55 bits per heavy atom. The lowest BCUT2D eigenvalue weighted by Crippen LogP contribution is -2.36. The zero-order valence-electron chi connectivity index (χ0n) is 5.69. The molecule has 0 aromatic heterocycles. The third-order valence-corrected chi connectivity index (χ3v) is 0.837. The number of rotatable bonds is 4. The van der Waals surface area contributed by atoms with Crippen LogP contribution < -0.4 is 5.73 Å². The van der Waals surface area contributed by atoms with E-state index in [-0.39, 0.29) is 0 Å². The maximum absolute atomic E-state index is 10.5. The summed E-state index contributed by atoms with van der Waals surface area (Å²) < 4.78 is 4.13. The van der Waals surface area contributed by atoms with Crippen molar-refractivity contribution in [2.24, 2.45) is 5.73 Å². The molecule has 0 aromatic carbocycles. The van der Waals surface area contributed by atoms with Crippen LogP contribution in [0.1, 0.15) is 0 Å². The van der Waals surface area contributed by atoms with Crippen molar-refractivity contribution in [3.8, 4) is 0 Å². The maximum Gasteiger partial charge on any atom is 0.341 e. The summed E-state index contributed by atoms with van der Waals surface area (Å²) in [5, 5.41) is 16.3. The molecule has 0 rings (SSSR count). The first-order valence-corrected chi connectivity index (χ1v) is 2.82. The average Bonchev–Trinajstić information content (AvgIpc) is 1.98. The highest BCUT2D eigenvalue weighted by molar-refractivity contribution is 5.78. The molecule has 0 radical (unpaired) electrons. The molecule has 0 fully saturated rings. The van der Waals surface area contributed by atoms with Gasteiger partial charge >= 0.3 is 11.9 Å². The summed E-state index contributed by atoms with van der Waals surface area (Å²) in [6, 6.07) is -1.16. The number of carbonyl (C=O) groups is 2. The first kappa shape index (κ1) is 9.86. The van der Waals surface area contributed by atoms with Crippen molar-refractivity contribution in [1.29, 1.82) is 0 Å². The lowest BCUT2D eigenvalue weighted by molar-refractivity contribution is -0.156. The van der Waals surface area contributed by atoms with Gasteiger partial charge in [0.2, 0.25) is 0 Å². The Kier molecular flexibility index (Phi) is 4.16. The normalized spacial score (nSPS) is 12.2. The van der Waals surface area contributed by atoms with Gasteiger partial charge in [0, 0.05) is 0 Å². The molecule has 0 saturated heterocycles. The van der Waals surface area contributed by atoms with Crippen LogP contribution in [0.25, 0.3) is 0 Å². The minimum atomic E-state index is -1.26. The van der Waals surface area contributed by atoms with Crippen LogP contribution >= 0.6 is 0 Å². The molecule has 11 heavy (non-hydrogen) atoms. The van der Waals surface area contributed by atoms with Gasteiger partial charge in [0.25, 0.3) is 0 Å². The molecule has 0 aliphatic rings. The molecule has 64 valence electrons. The zero-order valence-corrected chi connectivity index (χ0v) is 5.69. The van der Waals surface area contributed by atoms with Gasteiger partial charge in [0.1, 0.15) is 6.04 Å². The molecule has 6 nitrogen and oxygen atoms in total. The number of carboxylic acids is 1. The van der Waals surface area contributed by atoms with E-state index in [1.165, 1.54) is 0 Å². The molecular formula is C5H9NO5. The molecule has 1 atom stereocenters. The van der Waals surface area contributed by atoms with Gasteiger partial charge in [-0.3, -0.25) is 4.79 Å². The summed E-state index contributed by atoms with van der Waals surface area (Å²) in [6.45, 7) is -1.29. The van der Waals surface area contributed by atoms with E-state index in [2.05, 4.69) is 4.74 Å². The number of aliphatic hydroxyl groups is 1. The Labute approximate surface area is 62.6 Å². The minimum absolute atomic E-state index is 0.557. The Morgan fingerprint density at radius 2 is 2.09 bits per heavy atom. The molecule has 0 amide bonds. The summed E-state index contributed by atoms with van der Waals surface area (Å²) in [7, 11) is 0. The first-order chi connectivity index (χ1) is 5.07. The molecule has 0 aromatic rings. The van der Waals surface area contributed by atoms with Gasteiger partial charge < -0.3 is 20.7 Å². The van der Waals surface area contributed by atoms with E-state index >= 15 is 0 Å². The van der Waals surface area contributed by atoms with Crippen LogP contribution in [-0.4, -0.2) is 41.4 Å². The van der Waals surface area contributed by atoms with Crippen LogP contribution in [0.4, 0.5) is 0 Å². The number of aliphatic hydroxyl groups excluding tert-OH is 1. The van der Waals surface area contributed by atoms with Crippen LogP contribution in [-0.2, 0) is 14.3 Å². The number of carbonyl (C=O) groups excluding carboxylic acids is 1. The second kappa shape index (κ2) is 4.64. The van der Waals surface area contributed by atoms with Crippen LogP contribution in [0.15, 0.2) is 0 Å². The predicted octanol–water partition coefficient (Wildman–Crippen LogP) is -2.07. The number of ether oxygens (including phenoxy) is 1. The fraction of sp³-hybridized carbons (Fsp3) is 0.600. The summed E-state index contributed by atoms with van der Waals surface area (Å²) in [5.74, 6) is -2.18. The van der Waals surface area contributed by atoms with Gasteiger partial charge in [-0.15, -0.1) is 0 Å². The largest absolute Gasteiger partial charge is 0.479 e. The van der Waals surface area contributed by atoms with Crippen LogP contribution in [0, 0.1) is 0 Å². The molecule has 1 unspecified atom stereocenters. The monoisotopic (exact) mass is 163 g/mol. The van der Waals surface area contributed by atoms with Crippen molar-refractivity contribution in [3.05, 3.63) is 0 Å². The van der Waals surface area contributed by atoms with E-state index in [1.807, 2.05) is 0 Å². The molecule has 0 aliphatic heterocycles. The lowest BCUT2D eigenvalue weighted by atomic mass is 10.3. The Balaban J connectivity index is 3.60. The zero-order chi connectivity index (χ0) is 8.85. The number of nitrogens with two attached hydrogens (primary N) is 1. The highest BCUT2D eigenvalue weighted by Crippen LogP contribution is 1.83. The van der Waals surface area contributed by atoms with Gasteiger partial charge in [-0.05, 0) is 0 Å². The van der Waals surface area contributed by atoms with Crippen molar-refractivity contribution in [1.82, 2.24) is 0 Å². The summed E-state index contributed by atoms with van der Waals surface area (Å²) in [5.41, 5.74) is 4.99. The van der Waals surface area contributed by atoms with Crippen molar-refractivity contribution in [2.45, 2.75) is 6.04 Å². The van der Waals surface area contributed by atoms with E-state index in [0.717, 1.165) is 0 Å². The number of hydrogen-bond donors (Lipinski definition) is 3. The van der Waals surface area contributed by atoms with Crippen molar-refractivity contribution < 1.29 is 24.5 Å². The highest BCUT2D eigenvalue weighted by Gasteiger charge is 2.14. The summed E-state index contributed by atoms with van der Waals surface area (Å²) in [6.07, 6.45) is 0. The summed E-state index contributed by atoms with van der Waals surface area (Å²) >= 11 is 0. The van der Waals surface area contributed by atoms with Crippen LogP contribution in [0.3, 0.4) is 0 Å². The highest BCUT2D eigenvalue weighted by atomic mass is 16.6. The molecule has 0 saturated carbocycles. The molecule has 6 heteroatoms. The van der Waals surface area contributed by atoms with Crippen molar-refractivity contribution in [3.63, 3.8) is 0 Å². The van der Waals surface area contributed by atoms with E-state index in [1.54, 1.807) is 0 Å².